The topological polar surface area (TPSA) is 102 Å². The summed E-state index contributed by atoms with van der Waals surface area (Å²) in [4.78, 5) is 12.6. The number of sulfonamides is 1. The van der Waals surface area contributed by atoms with Crippen molar-refractivity contribution in [2.24, 2.45) is 7.05 Å². The number of hydrogen-bond acceptors (Lipinski definition) is 6. The van der Waals surface area contributed by atoms with Gasteiger partial charge in [0.25, 0.3) is 0 Å². The van der Waals surface area contributed by atoms with E-state index in [1.54, 1.807) is 20.9 Å². The number of nitrogens with zero attached hydrogens (tertiary/aromatic N) is 5. The lowest BCUT2D eigenvalue weighted by Gasteiger charge is -2.34. The maximum Gasteiger partial charge on any atom is 0.333 e. The average Bonchev–Trinajstić information content (AvgIpc) is 2.73. The molecule has 0 aromatic carbocycles. The van der Waals surface area contributed by atoms with E-state index in [9.17, 15) is 18.5 Å². The second-order valence-electron chi connectivity index (χ2n) is 4.92. The van der Waals surface area contributed by atoms with E-state index < -0.39 is 14.9 Å². The quantitative estimate of drug-likeness (QED) is 0.577. The molecule has 0 spiro atoms. The van der Waals surface area contributed by atoms with Crippen LogP contribution in [0.4, 0.5) is 11.5 Å². The number of aromatic nitrogens is 2. The summed E-state index contributed by atoms with van der Waals surface area (Å²) < 4.78 is 26.6. The molecule has 1 fully saturated rings. The van der Waals surface area contributed by atoms with E-state index in [4.69, 9.17) is 0 Å². The predicted octanol–water partition coefficient (Wildman–Crippen LogP) is 0.108. The van der Waals surface area contributed by atoms with Crippen LogP contribution in [0.15, 0.2) is 0 Å². The largest absolute Gasteiger partial charge is 0.348 e. The van der Waals surface area contributed by atoms with Gasteiger partial charge in [-0.3, -0.25) is 10.1 Å². The first-order valence-electron chi connectivity index (χ1n) is 6.68. The van der Waals surface area contributed by atoms with E-state index >= 15 is 0 Å². The standard InChI is InChI=1S/C11H19N5O4S/c1-4-21(19,20)15-7-5-14(6-8-15)11-10(16(17)18)9(2)12-13(11)3/h4-8H2,1-3H3. The molecule has 118 valence electrons. The lowest BCUT2D eigenvalue weighted by atomic mass is 10.3. The molecule has 1 aromatic heterocycles. The number of nitro groups is 1. The van der Waals surface area contributed by atoms with Gasteiger partial charge < -0.3 is 4.90 Å². The maximum absolute atomic E-state index is 11.8. The van der Waals surface area contributed by atoms with Crippen LogP contribution in [0.2, 0.25) is 0 Å². The Bertz CT molecular complexity index is 646. The summed E-state index contributed by atoms with van der Waals surface area (Å²) in [5.74, 6) is 0.504. The molecule has 0 atom stereocenters. The fourth-order valence-corrected chi connectivity index (χ4v) is 3.65. The first kappa shape index (κ1) is 15.7. The van der Waals surface area contributed by atoms with Gasteiger partial charge in [0.05, 0.1) is 10.7 Å². The third-order valence-electron chi connectivity index (χ3n) is 3.64. The molecule has 1 saturated heterocycles. The third kappa shape index (κ3) is 2.86. The van der Waals surface area contributed by atoms with Crippen molar-refractivity contribution < 1.29 is 13.3 Å². The van der Waals surface area contributed by atoms with Crippen molar-refractivity contribution in [2.75, 3.05) is 36.8 Å². The smallest absolute Gasteiger partial charge is 0.333 e. The SMILES string of the molecule is CCS(=O)(=O)N1CCN(c2c([N+](=O)[O-])c(C)nn2C)CC1. The first-order valence-corrected chi connectivity index (χ1v) is 8.29. The molecule has 21 heavy (non-hydrogen) atoms. The first-order chi connectivity index (χ1) is 9.77. The fourth-order valence-electron chi connectivity index (χ4n) is 2.56. The molecular weight excluding hydrogens is 298 g/mol. The highest BCUT2D eigenvalue weighted by molar-refractivity contribution is 7.89. The van der Waals surface area contributed by atoms with Crippen LogP contribution in [0.1, 0.15) is 12.6 Å². The summed E-state index contributed by atoms with van der Waals surface area (Å²) in [7, 11) is -1.55. The Hall–Kier alpha value is -1.68. The van der Waals surface area contributed by atoms with E-state index in [1.807, 2.05) is 4.90 Å². The molecule has 0 N–H and O–H groups in total. The molecule has 1 aliphatic rings. The van der Waals surface area contributed by atoms with Gasteiger partial charge in [-0.15, -0.1) is 0 Å². The van der Waals surface area contributed by atoms with Crippen molar-refractivity contribution in [3.8, 4) is 0 Å². The second-order valence-corrected chi connectivity index (χ2v) is 7.18. The van der Waals surface area contributed by atoms with E-state index in [0.717, 1.165) is 0 Å². The number of rotatable bonds is 4. The molecule has 0 amide bonds. The highest BCUT2D eigenvalue weighted by atomic mass is 32.2. The van der Waals surface area contributed by atoms with Gasteiger partial charge in [-0.25, -0.2) is 13.1 Å². The number of hydrogen-bond donors (Lipinski definition) is 0. The van der Waals surface area contributed by atoms with Crippen LogP contribution in [0, 0.1) is 17.0 Å². The van der Waals surface area contributed by atoms with Crippen LogP contribution >= 0.6 is 0 Å². The van der Waals surface area contributed by atoms with E-state index in [-0.39, 0.29) is 11.4 Å². The zero-order valence-corrected chi connectivity index (χ0v) is 13.1. The molecule has 2 rings (SSSR count). The van der Waals surface area contributed by atoms with Gasteiger partial charge in [0.15, 0.2) is 0 Å². The number of aryl methyl sites for hydroxylation is 2. The molecule has 1 aromatic rings. The zero-order chi connectivity index (χ0) is 15.8. The monoisotopic (exact) mass is 317 g/mol. The molecule has 9 nitrogen and oxygen atoms in total. The Morgan fingerprint density at radius 2 is 1.86 bits per heavy atom. The third-order valence-corrected chi connectivity index (χ3v) is 5.52. The molecule has 0 unspecified atom stereocenters. The van der Waals surface area contributed by atoms with E-state index in [2.05, 4.69) is 5.10 Å². The molecule has 0 aliphatic carbocycles. The van der Waals surface area contributed by atoms with Crippen LogP contribution in [-0.4, -0.2) is 59.4 Å². The Kier molecular flexibility index (Phi) is 4.19. The summed E-state index contributed by atoms with van der Waals surface area (Å²) >= 11 is 0. The van der Waals surface area contributed by atoms with Gasteiger partial charge in [0.1, 0.15) is 5.69 Å². The second kappa shape index (κ2) is 5.60. The van der Waals surface area contributed by atoms with E-state index in [0.29, 0.717) is 37.7 Å². The van der Waals surface area contributed by atoms with Gasteiger partial charge in [-0.1, -0.05) is 0 Å². The Labute approximate surface area is 123 Å². The van der Waals surface area contributed by atoms with Crippen LogP contribution in [0.5, 0.6) is 0 Å². The van der Waals surface area contributed by atoms with Gasteiger partial charge in [-0.2, -0.15) is 9.40 Å². The van der Waals surface area contributed by atoms with Gasteiger partial charge in [0, 0.05) is 33.2 Å². The molecule has 0 radical (unpaired) electrons. The Morgan fingerprint density at radius 1 is 1.29 bits per heavy atom. The highest BCUT2D eigenvalue weighted by Crippen LogP contribution is 2.31. The number of anilines is 1. The van der Waals surface area contributed by atoms with Gasteiger partial charge in [-0.05, 0) is 13.8 Å². The molecule has 0 bridgehead atoms. The van der Waals surface area contributed by atoms with Crippen LogP contribution < -0.4 is 4.90 Å². The highest BCUT2D eigenvalue weighted by Gasteiger charge is 2.32. The minimum atomic E-state index is -3.21. The summed E-state index contributed by atoms with van der Waals surface area (Å²) in [6.45, 7) is 4.70. The summed E-state index contributed by atoms with van der Waals surface area (Å²) in [5.41, 5.74) is 0.352. The van der Waals surface area contributed by atoms with Crippen LogP contribution in [-0.2, 0) is 17.1 Å². The van der Waals surface area contributed by atoms with Crippen molar-refractivity contribution in [2.45, 2.75) is 13.8 Å². The van der Waals surface area contributed by atoms with Crippen LogP contribution in [0.25, 0.3) is 0 Å². The summed E-state index contributed by atoms with van der Waals surface area (Å²) in [6.07, 6.45) is 0. The Balaban J connectivity index is 2.22. The maximum atomic E-state index is 11.8. The van der Waals surface area contributed by atoms with Gasteiger partial charge >= 0.3 is 5.69 Å². The number of piperazine rings is 1. The van der Waals surface area contributed by atoms with Crippen LogP contribution in [0.3, 0.4) is 0 Å². The molecule has 10 heteroatoms. The van der Waals surface area contributed by atoms with Crippen molar-refractivity contribution in [1.29, 1.82) is 0 Å². The van der Waals surface area contributed by atoms with Crippen molar-refractivity contribution in [3.05, 3.63) is 15.8 Å². The normalized spacial score (nSPS) is 17.2. The molecule has 2 heterocycles. The Morgan fingerprint density at radius 3 is 2.33 bits per heavy atom. The van der Waals surface area contributed by atoms with Gasteiger partial charge in [0.2, 0.25) is 15.8 Å². The van der Waals surface area contributed by atoms with E-state index in [1.165, 1.54) is 8.99 Å². The van der Waals surface area contributed by atoms with Crippen molar-refractivity contribution >= 4 is 21.5 Å². The minimum Gasteiger partial charge on any atom is -0.348 e. The van der Waals surface area contributed by atoms with Crippen molar-refractivity contribution in [3.63, 3.8) is 0 Å². The summed E-state index contributed by atoms with van der Waals surface area (Å²) in [5, 5.41) is 15.3. The molecule has 0 saturated carbocycles. The zero-order valence-electron chi connectivity index (χ0n) is 12.3. The van der Waals surface area contributed by atoms with Crippen molar-refractivity contribution in [1.82, 2.24) is 14.1 Å². The minimum absolute atomic E-state index is 0.00991. The molecular formula is C11H19N5O4S. The fraction of sp³-hybridized carbons (Fsp3) is 0.727. The lowest BCUT2D eigenvalue weighted by Crippen LogP contribution is -2.49. The average molecular weight is 317 g/mol. The molecule has 1 aliphatic heterocycles. The summed E-state index contributed by atoms with van der Waals surface area (Å²) in [6, 6.07) is 0. The lowest BCUT2D eigenvalue weighted by molar-refractivity contribution is -0.384. The predicted molar refractivity (Wildman–Crippen MR) is 77.8 cm³/mol.